The van der Waals surface area contributed by atoms with E-state index in [1.165, 1.54) is 29.5 Å². The Morgan fingerprint density at radius 1 is 1.41 bits per heavy atom. The third kappa shape index (κ3) is 2.86. The fourth-order valence-corrected chi connectivity index (χ4v) is 3.29. The first-order chi connectivity index (χ1) is 8.11. The summed E-state index contributed by atoms with van der Waals surface area (Å²) in [6, 6.07) is 5.86. The van der Waals surface area contributed by atoms with Crippen LogP contribution in [0.25, 0.3) is 0 Å². The predicted molar refractivity (Wildman–Crippen MR) is 72.6 cm³/mol. The minimum Gasteiger partial charge on any atom is -0.271 e. The summed E-state index contributed by atoms with van der Waals surface area (Å²) in [7, 11) is 0. The van der Waals surface area contributed by atoms with Crippen LogP contribution in [0, 0.1) is 5.82 Å². The topological polar surface area (TPSA) is 38.0 Å². The molecule has 6 heteroatoms. The Bertz CT molecular complexity index is 532. The molecule has 1 unspecified atom stereocenters. The standard InChI is InChI=1S/C11H9BrClFN2S/c12-6-3-10(17-5-6)11(16-15)8-4-7(14)1-2-9(8)13/h1-5,11,16H,15H2. The normalized spacial score (nSPS) is 12.7. The van der Waals surface area contributed by atoms with Gasteiger partial charge in [0, 0.05) is 19.8 Å². The Morgan fingerprint density at radius 3 is 2.76 bits per heavy atom. The van der Waals surface area contributed by atoms with Gasteiger partial charge in [0.2, 0.25) is 0 Å². The molecule has 3 N–H and O–H groups in total. The Balaban J connectivity index is 2.45. The first-order valence-corrected chi connectivity index (χ1v) is 6.82. The molecule has 0 spiro atoms. The monoisotopic (exact) mass is 334 g/mol. The van der Waals surface area contributed by atoms with Crippen molar-refractivity contribution in [3.05, 3.63) is 55.4 Å². The number of halogens is 3. The molecule has 1 aromatic heterocycles. The van der Waals surface area contributed by atoms with Crippen LogP contribution >= 0.6 is 38.9 Å². The van der Waals surface area contributed by atoms with Crippen LogP contribution in [-0.4, -0.2) is 0 Å². The van der Waals surface area contributed by atoms with E-state index in [4.69, 9.17) is 17.4 Å². The fourth-order valence-electron chi connectivity index (χ4n) is 1.54. The van der Waals surface area contributed by atoms with Crippen molar-refractivity contribution < 1.29 is 4.39 Å². The van der Waals surface area contributed by atoms with Gasteiger partial charge >= 0.3 is 0 Å². The van der Waals surface area contributed by atoms with Crippen molar-refractivity contribution in [2.45, 2.75) is 6.04 Å². The number of nitrogens with one attached hydrogen (secondary N) is 1. The molecule has 1 aromatic carbocycles. The summed E-state index contributed by atoms with van der Waals surface area (Å²) in [5.41, 5.74) is 3.28. The highest BCUT2D eigenvalue weighted by Crippen LogP contribution is 2.33. The number of thiophene rings is 1. The Kier molecular flexibility index (Phi) is 4.17. The third-order valence-corrected chi connectivity index (χ3v) is 4.41. The van der Waals surface area contributed by atoms with Gasteiger partial charge in [-0.3, -0.25) is 5.84 Å². The lowest BCUT2D eigenvalue weighted by Crippen LogP contribution is -2.28. The molecule has 2 aromatic rings. The Morgan fingerprint density at radius 2 is 2.18 bits per heavy atom. The quantitative estimate of drug-likeness (QED) is 0.660. The van der Waals surface area contributed by atoms with Gasteiger partial charge < -0.3 is 0 Å². The smallest absolute Gasteiger partial charge is 0.123 e. The van der Waals surface area contributed by atoms with E-state index >= 15 is 0 Å². The van der Waals surface area contributed by atoms with E-state index in [0.717, 1.165) is 9.35 Å². The summed E-state index contributed by atoms with van der Waals surface area (Å²) >= 11 is 10.9. The summed E-state index contributed by atoms with van der Waals surface area (Å²) in [4.78, 5) is 0.965. The second-order valence-corrected chi connectivity index (χ2v) is 5.70. The minimum absolute atomic E-state index is 0.311. The average molecular weight is 336 g/mol. The van der Waals surface area contributed by atoms with Crippen LogP contribution in [0.2, 0.25) is 5.02 Å². The van der Waals surface area contributed by atoms with Crippen LogP contribution in [0.5, 0.6) is 0 Å². The maximum absolute atomic E-state index is 13.2. The molecule has 17 heavy (non-hydrogen) atoms. The lowest BCUT2D eigenvalue weighted by Gasteiger charge is -2.16. The van der Waals surface area contributed by atoms with E-state index < -0.39 is 0 Å². The minimum atomic E-state index is -0.333. The van der Waals surface area contributed by atoms with Crippen LogP contribution in [-0.2, 0) is 0 Å². The van der Waals surface area contributed by atoms with Crippen LogP contribution in [0.1, 0.15) is 16.5 Å². The highest BCUT2D eigenvalue weighted by atomic mass is 79.9. The van der Waals surface area contributed by atoms with Gasteiger partial charge in [0.05, 0.1) is 6.04 Å². The van der Waals surface area contributed by atoms with Crippen LogP contribution in [0.3, 0.4) is 0 Å². The molecule has 0 aliphatic heterocycles. The zero-order valence-corrected chi connectivity index (χ0v) is 11.7. The number of rotatable bonds is 3. The molecule has 0 aliphatic carbocycles. The fraction of sp³-hybridized carbons (Fsp3) is 0.0909. The molecule has 0 amide bonds. The molecule has 0 radical (unpaired) electrons. The van der Waals surface area contributed by atoms with Gasteiger partial charge in [-0.15, -0.1) is 11.3 Å². The van der Waals surface area contributed by atoms with Crippen molar-refractivity contribution in [3.8, 4) is 0 Å². The van der Waals surface area contributed by atoms with Gasteiger partial charge in [0.1, 0.15) is 5.82 Å². The summed E-state index contributed by atoms with van der Waals surface area (Å²) in [6.45, 7) is 0. The van der Waals surface area contributed by atoms with Crippen LogP contribution < -0.4 is 11.3 Å². The Labute approximate surface area is 116 Å². The van der Waals surface area contributed by atoms with E-state index in [2.05, 4.69) is 21.4 Å². The van der Waals surface area contributed by atoms with E-state index in [9.17, 15) is 4.39 Å². The summed E-state index contributed by atoms with van der Waals surface area (Å²) in [5.74, 6) is 5.19. The lowest BCUT2D eigenvalue weighted by molar-refractivity contribution is 0.609. The van der Waals surface area contributed by atoms with Gasteiger partial charge in [-0.2, -0.15) is 0 Å². The van der Waals surface area contributed by atoms with E-state index in [0.29, 0.717) is 10.6 Å². The summed E-state index contributed by atoms with van der Waals surface area (Å²) < 4.78 is 14.2. The number of hydrogen-bond donors (Lipinski definition) is 2. The predicted octanol–water partition coefficient (Wildman–Crippen LogP) is 3.86. The van der Waals surface area contributed by atoms with Crippen molar-refractivity contribution in [1.82, 2.24) is 5.43 Å². The Hall–Kier alpha value is -0.460. The zero-order chi connectivity index (χ0) is 12.4. The molecule has 0 fully saturated rings. The number of nitrogens with two attached hydrogens (primary N) is 1. The molecule has 1 heterocycles. The maximum atomic E-state index is 13.2. The van der Waals surface area contributed by atoms with Gasteiger partial charge in [0.25, 0.3) is 0 Å². The molecule has 90 valence electrons. The SMILES string of the molecule is NNC(c1cc(Br)cs1)c1cc(F)ccc1Cl. The molecule has 0 aliphatic rings. The largest absolute Gasteiger partial charge is 0.271 e. The van der Waals surface area contributed by atoms with E-state index in [1.54, 1.807) is 0 Å². The molecular weight excluding hydrogens is 327 g/mol. The highest BCUT2D eigenvalue weighted by Gasteiger charge is 2.18. The van der Waals surface area contributed by atoms with Crippen LogP contribution in [0.15, 0.2) is 34.1 Å². The average Bonchev–Trinajstić information content (AvgIpc) is 2.71. The van der Waals surface area contributed by atoms with Gasteiger partial charge in [0.15, 0.2) is 0 Å². The lowest BCUT2D eigenvalue weighted by atomic mass is 10.1. The molecule has 0 bridgehead atoms. The second kappa shape index (κ2) is 5.46. The first-order valence-electron chi connectivity index (χ1n) is 4.77. The van der Waals surface area contributed by atoms with Crippen LogP contribution in [0.4, 0.5) is 4.39 Å². The molecule has 1 atom stereocenters. The van der Waals surface area contributed by atoms with E-state index in [1.807, 2.05) is 11.4 Å². The van der Waals surface area contributed by atoms with Crippen molar-refractivity contribution in [3.63, 3.8) is 0 Å². The number of hydrogen-bond acceptors (Lipinski definition) is 3. The number of hydrazine groups is 1. The number of benzene rings is 1. The van der Waals surface area contributed by atoms with Crippen molar-refractivity contribution in [2.24, 2.45) is 5.84 Å². The molecule has 2 rings (SSSR count). The van der Waals surface area contributed by atoms with Crippen molar-refractivity contribution in [2.75, 3.05) is 0 Å². The molecule has 0 saturated carbocycles. The second-order valence-electron chi connectivity index (χ2n) is 3.43. The first kappa shape index (κ1) is 13.0. The zero-order valence-electron chi connectivity index (χ0n) is 8.58. The maximum Gasteiger partial charge on any atom is 0.123 e. The molecular formula is C11H9BrClFN2S. The van der Waals surface area contributed by atoms with Gasteiger partial charge in [-0.05, 0) is 45.8 Å². The molecule has 2 nitrogen and oxygen atoms in total. The molecule has 0 saturated heterocycles. The summed E-state index contributed by atoms with van der Waals surface area (Å²) in [5, 5.41) is 2.42. The summed E-state index contributed by atoms with van der Waals surface area (Å²) in [6.07, 6.45) is 0. The van der Waals surface area contributed by atoms with Crippen molar-refractivity contribution >= 4 is 38.9 Å². The van der Waals surface area contributed by atoms with Gasteiger partial charge in [-0.1, -0.05) is 11.6 Å². The van der Waals surface area contributed by atoms with Gasteiger partial charge in [-0.25, -0.2) is 9.82 Å². The van der Waals surface area contributed by atoms with E-state index in [-0.39, 0.29) is 11.9 Å². The highest BCUT2D eigenvalue weighted by molar-refractivity contribution is 9.10. The van der Waals surface area contributed by atoms with Crippen molar-refractivity contribution in [1.29, 1.82) is 0 Å². The third-order valence-electron chi connectivity index (χ3n) is 2.31.